The van der Waals surface area contributed by atoms with E-state index in [2.05, 4.69) is 22.4 Å². The highest BCUT2D eigenvalue weighted by atomic mass is 32.1. The summed E-state index contributed by atoms with van der Waals surface area (Å²) in [6.45, 7) is 0.168. The second-order valence-electron chi connectivity index (χ2n) is 8.53. The molecule has 0 bridgehead atoms. The third kappa shape index (κ3) is 3.62. The SMILES string of the molecule is CN(C(=O)c1cnc(NC(=O)OCC2c3ccccc3-c3ccccc32)s1)C1(C(=O)O)CCC1. The molecule has 0 spiro atoms. The first kappa shape index (κ1) is 22.1. The smallest absolute Gasteiger partial charge is 0.413 e. The van der Waals surface area contributed by atoms with Crippen molar-refractivity contribution in [1.29, 1.82) is 0 Å². The van der Waals surface area contributed by atoms with Crippen LogP contribution in [0.3, 0.4) is 0 Å². The highest BCUT2D eigenvalue weighted by molar-refractivity contribution is 7.17. The zero-order valence-corrected chi connectivity index (χ0v) is 19.3. The van der Waals surface area contributed by atoms with E-state index in [0.29, 0.717) is 12.8 Å². The van der Waals surface area contributed by atoms with Gasteiger partial charge in [0.15, 0.2) is 5.13 Å². The third-order valence-corrected chi connectivity index (χ3v) is 7.70. The van der Waals surface area contributed by atoms with Crippen LogP contribution in [0, 0.1) is 0 Å². The maximum absolute atomic E-state index is 12.8. The number of amides is 2. The van der Waals surface area contributed by atoms with Crippen molar-refractivity contribution in [2.75, 3.05) is 19.0 Å². The highest BCUT2D eigenvalue weighted by Crippen LogP contribution is 2.44. The van der Waals surface area contributed by atoms with Crippen LogP contribution in [0.1, 0.15) is 46.0 Å². The van der Waals surface area contributed by atoms with Crippen LogP contribution in [0.25, 0.3) is 11.1 Å². The van der Waals surface area contributed by atoms with Gasteiger partial charge in [0.2, 0.25) is 0 Å². The van der Waals surface area contributed by atoms with Crippen molar-refractivity contribution in [1.82, 2.24) is 9.88 Å². The fourth-order valence-electron chi connectivity index (χ4n) is 4.72. The number of thiazole rings is 1. The van der Waals surface area contributed by atoms with Gasteiger partial charge in [-0.1, -0.05) is 59.9 Å². The Kier molecular flexibility index (Phi) is 5.57. The molecule has 0 saturated heterocycles. The zero-order valence-electron chi connectivity index (χ0n) is 18.5. The molecule has 0 atom stereocenters. The summed E-state index contributed by atoms with van der Waals surface area (Å²) in [6, 6.07) is 16.2. The number of fused-ring (bicyclic) bond motifs is 3. The number of carbonyl (C=O) groups excluding carboxylic acids is 2. The van der Waals surface area contributed by atoms with E-state index in [9.17, 15) is 19.5 Å². The molecule has 1 aromatic heterocycles. The van der Waals surface area contributed by atoms with Gasteiger partial charge < -0.3 is 14.7 Å². The van der Waals surface area contributed by atoms with Crippen molar-refractivity contribution < 1.29 is 24.2 Å². The van der Waals surface area contributed by atoms with E-state index in [-0.39, 0.29) is 22.5 Å². The number of carboxylic acids is 1. The number of aromatic nitrogens is 1. The van der Waals surface area contributed by atoms with E-state index >= 15 is 0 Å². The number of likely N-dealkylation sites (N-methyl/N-ethyl adjacent to an activating group) is 1. The van der Waals surface area contributed by atoms with Crippen molar-refractivity contribution in [2.45, 2.75) is 30.7 Å². The Balaban J connectivity index is 1.23. The van der Waals surface area contributed by atoms with E-state index in [1.807, 2.05) is 36.4 Å². The van der Waals surface area contributed by atoms with Crippen LogP contribution in [0.4, 0.5) is 9.93 Å². The van der Waals surface area contributed by atoms with Gasteiger partial charge in [-0.2, -0.15) is 0 Å². The van der Waals surface area contributed by atoms with Gasteiger partial charge in [-0.25, -0.2) is 14.6 Å². The first-order chi connectivity index (χ1) is 16.4. The van der Waals surface area contributed by atoms with Crippen LogP contribution in [0.15, 0.2) is 54.7 Å². The number of anilines is 1. The molecular weight excluding hydrogens is 454 g/mol. The molecule has 1 saturated carbocycles. The lowest BCUT2D eigenvalue weighted by atomic mass is 9.75. The monoisotopic (exact) mass is 477 g/mol. The maximum Gasteiger partial charge on any atom is 0.413 e. The average molecular weight is 478 g/mol. The lowest BCUT2D eigenvalue weighted by Gasteiger charge is -2.44. The Labute approximate surface area is 200 Å². The Bertz CT molecular complexity index is 1240. The molecule has 3 aromatic rings. The molecule has 9 heteroatoms. The van der Waals surface area contributed by atoms with Gasteiger partial charge in [-0.05, 0) is 41.5 Å². The number of ether oxygens (including phenoxy) is 1. The molecule has 2 amide bonds. The summed E-state index contributed by atoms with van der Waals surface area (Å²) in [4.78, 5) is 42.6. The molecule has 0 radical (unpaired) electrons. The van der Waals surface area contributed by atoms with Gasteiger partial charge in [0.1, 0.15) is 17.0 Å². The van der Waals surface area contributed by atoms with Crippen LogP contribution in [0.2, 0.25) is 0 Å². The summed E-state index contributed by atoms with van der Waals surface area (Å²) in [7, 11) is 1.49. The van der Waals surface area contributed by atoms with Gasteiger partial charge in [0.25, 0.3) is 5.91 Å². The summed E-state index contributed by atoms with van der Waals surface area (Å²) in [5.74, 6) is -1.49. The molecule has 2 aliphatic rings. The summed E-state index contributed by atoms with van der Waals surface area (Å²) < 4.78 is 5.52. The Morgan fingerprint density at radius 1 is 1.12 bits per heavy atom. The summed E-state index contributed by atoms with van der Waals surface area (Å²) in [5.41, 5.74) is 3.35. The Morgan fingerprint density at radius 2 is 1.74 bits per heavy atom. The third-order valence-electron chi connectivity index (χ3n) is 6.79. The second kappa shape index (κ2) is 8.57. The molecule has 2 N–H and O–H groups in total. The minimum atomic E-state index is -1.17. The Morgan fingerprint density at radius 3 is 2.29 bits per heavy atom. The topological polar surface area (TPSA) is 109 Å². The number of nitrogens with zero attached hydrogens (tertiary/aromatic N) is 2. The number of rotatable bonds is 6. The van der Waals surface area contributed by atoms with Crippen molar-refractivity contribution in [3.05, 3.63) is 70.7 Å². The maximum atomic E-state index is 12.8. The molecule has 34 heavy (non-hydrogen) atoms. The number of carbonyl (C=O) groups is 3. The molecule has 0 aliphatic heterocycles. The standard InChI is InChI=1S/C25H23N3O5S/c1-28(25(22(30)31)11-6-12-25)21(29)20-13-26-23(34-20)27-24(32)33-14-19-17-9-4-2-7-15(17)16-8-3-5-10-18(16)19/h2-5,7-10,13,19H,6,11-12,14H2,1H3,(H,30,31)(H,26,27,32). The van der Waals surface area contributed by atoms with Gasteiger partial charge >= 0.3 is 12.1 Å². The largest absolute Gasteiger partial charge is 0.479 e. The molecule has 1 heterocycles. The number of nitrogens with one attached hydrogen (secondary N) is 1. The minimum Gasteiger partial charge on any atom is -0.479 e. The lowest BCUT2D eigenvalue weighted by molar-refractivity contribution is -0.154. The van der Waals surface area contributed by atoms with Crippen LogP contribution >= 0.6 is 11.3 Å². The van der Waals surface area contributed by atoms with Crippen molar-refractivity contribution in [2.24, 2.45) is 0 Å². The zero-order chi connectivity index (χ0) is 23.9. The van der Waals surface area contributed by atoms with E-state index < -0.39 is 23.5 Å². The fourth-order valence-corrected chi connectivity index (χ4v) is 5.49. The van der Waals surface area contributed by atoms with Crippen molar-refractivity contribution in [3.63, 3.8) is 0 Å². The molecule has 174 valence electrons. The molecule has 0 unspecified atom stereocenters. The van der Waals surface area contributed by atoms with Crippen LogP contribution in [-0.2, 0) is 9.53 Å². The van der Waals surface area contributed by atoms with Gasteiger partial charge in [-0.3, -0.25) is 10.1 Å². The van der Waals surface area contributed by atoms with E-state index in [4.69, 9.17) is 4.74 Å². The molecule has 5 rings (SSSR count). The van der Waals surface area contributed by atoms with Gasteiger partial charge in [-0.15, -0.1) is 0 Å². The van der Waals surface area contributed by atoms with Crippen LogP contribution in [-0.4, -0.2) is 52.2 Å². The molecule has 1 fully saturated rings. The van der Waals surface area contributed by atoms with Crippen LogP contribution < -0.4 is 5.32 Å². The van der Waals surface area contributed by atoms with Crippen molar-refractivity contribution in [3.8, 4) is 11.1 Å². The fraction of sp³-hybridized carbons (Fsp3) is 0.280. The predicted molar refractivity (Wildman–Crippen MR) is 127 cm³/mol. The highest BCUT2D eigenvalue weighted by Gasteiger charge is 2.50. The lowest BCUT2D eigenvalue weighted by Crippen LogP contribution is -2.59. The van der Waals surface area contributed by atoms with Gasteiger partial charge in [0, 0.05) is 13.0 Å². The number of aliphatic carboxylic acids is 1. The van der Waals surface area contributed by atoms with Crippen LogP contribution in [0.5, 0.6) is 0 Å². The average Bonchev–Trinajstić information content (AvgIpc) is 3.39. The predicted octanol–water partition coefficient (Wildman–Crippen LogP) is 4.58. The molecule has 8 nitrogen and oxygen atoms in total. The number of hydrogen-bond donors (Lipinski definition) is 2. The molecule has 2 aromatic carbocycles. The molecule has 2 aliphatic carbocycles. The second-order valence-corrected chi connectivity index (χ2v) is 9.57. The number of carboxylic acid groups (broad SMARTS) is 1. The van der Waals surface area contributed by atoms with Gasteiger partial charge in [0.05, 0.1) is 6.20 Å². The first-order valence-corrected chi connectivity index (χ1v) is 11.8. The summed E-state index contributed by atoms with van der Waals surface area (Å²) in [6.07, 6.45) is 2.30. The van der Waals surface area contributed by atoms with Crippen molar-refractivity contribution >= 4 is 34.4 Å². The van der Waals surface area contributed by atoms with E-state index in [1.54, 1.807) is 0 Å². The summed E-state index contributed by atoms with van der Waals surface area (Å²) in [5, 5.41) is 12.4. The molecular formula is C25H23N3O5S. The number of hydrogen-bond acceptors (Lipinski definition) is 6. The first-order valence-electron chi connectivity index (χ1n) is 11.0. The van der Waals surface area contributed by atoms with E-state index in [1.165, 1.54) is 18.1 Å². The minimum absolute atomic E-state index is 0.0603. The van der Waals surface area contributed by atoms with E-state index in [0.717, 1.165) is 40.0 Å². The Hall–Kier alpha value is -3.72. The summed E-state index contributed by atoms with van der Waals surface area (Å²) >= 11 is 0.988. The quantitative estimate of drug-likeness (QED) is 0.538. The normalized spacial score (nSPS) is 15.6. The number of benzene rings is 2.